The fourth-order valence-corrected chi connectivity index (χ4v) is 1.58. The van der Waals surface area contributed by atoms with E-state index < -0.39 is 18.0 Å². The smallest absolute Gasteiger partial charge is 0.326 e. The topological polar surface area (TPSA) is 98.7 Å². The first kappa shape index (κ1) is 18.2. The van der Waals surface area contributed by atoms with Crippen molar-refractivity contribution in [3.05, 3.63) is 0 Å². The Morgan fingerprint density at radius 3 is 2.25 bits per heavy atom. The lowest BCUT2D eigenvalue weighted by molar-refractivity contribution is -0.139. The number of unbranched alkanes of at least 4 members (excludes halogenated alkanes) is 1. The van der Waals surface area contributed by atoms with Gasteiger partial charge in [0.05, 0.1) is 0 Å². The van der Waals surface area contributed by atoms with Gasteiger partial charge in [-0.15, -0.1) is 0 Å². The number of nitrogens with zero attached hydrogens (tertiary/aromatic N) is 1. The van der Waals surface area contributed by atoms with Gasteiger partial charge in [0.25, 0.3) is 0 Å². The number of rotatable bonds is 8. The summed E-state index contributed by atoms with van der Waals surface area (Å²) in [7, 11) is 1.45. The summed E-state index contributed by atoms with van der Waals surface area (Å²) in [6, 6.07) is -1.49. The molecule has 0 aliphatic rings. The molecule has 0 heterocycles. The molecule has 0 saturated carbocycles. The zero-order valence-electron chi connectivity index (χ0n) is 12.6. The van der Waals surface area contributed by atoms with Crippen LogP contribution in [-0.2, 0) is 9.59 Å². The van der Waals surface area contributed by atoms with Crippen LogP contribution in [0.15, 0.2) is 0 Å². The highest BCUT2D eigenvalue weighted by atomic mass is 16.4. The number of amides is 3. The zero-order valence-corrected chi connectivity index (χ0v) is 12.6. The van der Waals surface area contributed by atoms with Crippen LogP contribution in [-0.4, -0.2) is 53.6 Å². The number of aliphatic carboxylic acids is 1. The number of hydrogen-bond donors (Lipinski definition) is 3. The van der Waals surface area contributed by atoms with E-state index in [1.807, 2.05) is 20.8 Å². The van der Waals surface area contributed by atoms with E-state index in [1.165, 1.54) is 11.9 Å². The predicted molar refractivity (Wildman–Crippen MR) is 75.4 cm³/mol. The number of carboxylic acid groups (broad SMARTS) is 1. The van der Waals surface area contributed by atoms with Gasteiger partial charge in [-0.2, -0.15) is 0 Å². The van der Waals surface area contributed by atoms with Gasteiger partial charge in [-0.1, -0.05) is 19.8 Å². The molecule has 7 nitrogen and oxygen atoms in total. The molecule has 0 fully saturated rings. The van der Waals surface area contributed by atoms with E-state index in [9.17, 15) is 14.4 Å². The highest BCUT2D eigenvalue weighted by molar-refractivity contribution is 5.86. The maximum atomic E-state index is 11.8. The van der Waals surface area contributed by atoms with Crippen LogP contribution in [0.3, 0.4) is 0 Å². The van der Waals surface area contributed by atoms with Crippen molar-refractivity contribution in [2.24, 2.45) is 0 Å². The standard InChI is InChI=1S/C13H25N3O4/c1-5-6-7-10(12(18)19)15-13(20)16(4)8-11(17)14-9(2)3/h9-10H,5-8H2,1-4H3,(H,14,17)(H,15,20)(H,18,19)/t10-/m0/s1. The third-order valence-electron chi connectivity index (χ3n) is 2.62. The maximum absolute atomic E-state index is 11.8. The summed E-state index contributed by atoms with van der Waals surface area (Å²) >= 11 is 0. The second-order valence-electron chi connectivity index (χ2n) is 5.06. The molecular formula is C13H25N3O4. The van der Waals surface area contributed by atoms with E-state index in [4.69, 9.17) is 5.11 Å². The Morgan fingerprint density at radius 2 is 1.80 bits per heavy atom. The van der Waals surface area contributed by atoms with Gasteiger partial charge in [-0.25, -0.2) is 9.59 Å². The summed E-state index contributed by atoms with van der Waals surface area (Å²) in [5, 5.41) is 14.1. The Hall–Kier alpha value is -1.79. The third kappa shape index (κ3) is 7.60. The van der Waals surface area contributed by atoms with E-state index in [2.05, 4.69) is 10.6 Å². The molecule has 0 aromatic carbocycles. The molecule has 0 unspecified atom stereocenters. The first-order valence-corrected chi connectivity index (χ1v) is 6.81. The summed E-state index contributed by atoms with van der Waals surface area (Å²) in [5.41, 5.74) is 0. The van der Waals surface area contributed by atoms with Crippen molar-refractivity contribution in [2.75, 3.05) is 13.6 Å². The monoisotopic (exact) mass is 287 g/mol. The van der Waals surface area contributed by atoms with Crippen molar-refractivity contribution >= 4 is 17.9 Å². The predicted octanol–water partition coefficient (Wildman–Crippen LogP) is 0.796. The SMILES string of the molecule is CCCC[C@H](NC(=O)N(C)CC(=O)NC(C)C)C(=O)O. The van der Waals surface area contributed by atoms with Crippen molar-refractivity contribution in [3.8, 4) is 0 Å². The summed E-state index contributed by atoms with van der Waals surface area (Å²) in [5.74, 6) is -1.34. The van der Waals surface area contributed by atoms with Crippen LogP contribution < -0.4 is 10.6 Å². The van der Waals surface area contributed by atoms with Crippen LogP contribution in [0.1, 0.15) is 40.0 Å². The minimum absolute atomic E-state index is 0.00437. The number of carbonyl (C=O) groups excluding carboxylic acids is 2. The Kier molecular flexibility index (Phi) is 8.35. The Morgan fingerprint density at radius 1 is 1.20 bits per heavy atom. The summed E-state index contributed by atoms with van der Waals surface area (Å²) in [6.07, 6.45) is 1.95. The maximum Gasteiger partial charge on any atom is 0.326 e. The molecule has 0 rings (SSSR count). The summed E-state index contributed by atoms with van der Waals surface area (Å²) in [4.78, 5) is 35.5. The number of likely N-dealkylation sites (N-methyl/N-ethyl adjacent to an activating group) is 1. The van der Waals surface area contributed by atoms with Crippen molar-refractivity contribution in [1.82, 2.24) is 15.5 Å². The molecule has 20 heavy (non-hydrogen) atoms. The van der Waals surface area contributed by atoms with Gasteiger partial charge in [0.2, 0.25) is 5.91 Å². The molecule has 0 aromatic heterocycles. The quantitative estimate of drug-likeness (QED) is 0.615. The van der Waals surface area contributed by atoms with Gasteiger partial charge in [0.1, 0.15) is 12.6 Å². The second kappa shape index (κ2) is 9.17. The van der Waals surface area contributed by atoms with E-state index in [-0.39, 0.29) is 18.5 Å². The summed E-state index contributed by atoms with van der Waals surface area (Å²) < 4.78 is 0. The van der Waals surface area contributed by atoms with Crippen molar-refractivity contribution in [3.63, 3.8) is 0 Å². The Bertz CT molecular complexity index is 345. The molecule has 0 saturated heterocycles. The molecule has 0 radical (unpaired) electrons. The molecule has 0 bridgehead atoms. The second-order valence-corrected chi connectivity index (χ2v) is 5.06. The first-order chi connectivity index (χ1) is 9.27. The average molecular weight is 287 g/mol. The van der Waals surface area contributed by atoms with Gasteiger partial charge in [-0.3, -0.25) is 4.79 Å². The lowest BCUT2D eigenvalue weighted by Crippen LogP contribution is -2.49. The molecule has 0 aromatic rings. The number of nitrogens with one attached hydrogen (secondary N) is 2. The number of hydrogen-bond acceptors (Lipinski definition) is 3. The van der Waals surface area contributed by atoms with Crippen LogP contribution in [0.5, 0.6) is 0 Å². The van der Waals surface area contributed by atoms with E-state index in [1.54, 1.807) is 0 Å². The lowest BCUT2D eigenvalue weighted by atomic mass is 10.1. The van der Waals surface area contributed by atoms with Crippen molar-refractivity contribution in [2.45, 2.75) is 52.1 Å². The van der Waals surface area contributed by atoms with Crippen molar-refractivity contribution < 1.29 is 19.5 Å². The minimum atomic E-state index is -1.06. The van der Waals surface area contributed by atoms with Crippen LogP contribution in [0.4, 0.5) is 4.79 Å². The van der Waals surface area contributed by atoms with Crippen LogP contribution in [0.2, 0.25) is 0 Å². The highest BCUT2D eigenvalue weighted by Crippen LogP contribution is 2.01. The van der Waals surface area contributed by atoms with E-state index >= 15 is 0 Å². The number of urea groups is 1. The third-order valence-corrected chi connectivity index (χ3v) is 2.62. The molecule has 3 amide bonds. The summed E-state index contributed by atoms with van der Waals surface area (Å²) in [6.45, 7) is 5.49. The highest BCUT2D eigenvalue weighted by Gasteiger charge is 2.22. The van der Waals surface area contributed by atoms with Crippen LogP contribution >= 0.6 is 0 Å². The fourth-order valence-electron chi connectivity index (χ4n) is 1.58. The minimum Gasteiger partial charge on any atom is -0.480 e. The molecule has 0 aliphatic carbocycles. The molecule has 1 atom stereocenters. The molecule has 3 N–H and O–H groups in total. The van der Waals surface area contributed by atoms with E-state index in [0.717, 1.165) is 12.8 Å². The number of carbonyl (C=O) groups is 3. The molecule has 116 valence electrons. The van der Waals surface area contributed by atoms with Gasteiger partial charge < -0.3 is 20.6 Å². The van der Waals surface area contributed by atoms with Gasteiger partial charge in [0, 0.05) is 13.1 Å². The Labute approximate surface area is 119 Å². The average Bonchev–Trinajstić information content (AvgIpc) is 2.32. The van der Waals surface area contributed by atoms with Gasteiger partial charge in [-0.05, 0) is 20.3 Å². The molecule has 0 spiro atoms. The first-order valence-electron chi connectivity index (χ1n) is 6.81. The Balaban J connectivity index is 4.34. The number of carboxylic acids is 1. The van der Waals surface area contributed by atoms with Gasteiger partial charge in [0.15, 0.2) is 0 Å². The zero-order chi connectivity index (χ0) is 15.7. The molecule has 0 aliphatic heterocycles. The van der Waals surface area contributed by atoms with Crippen LogP contribution in [0.25, 0.3) is 0 Å². The normalized spacial score (nSPS) is 11.8. The largest absolute Gasteiger partial charge is 0.480 e. The van der Waals surface area contributed by atoms with E-state index in [0.29, 0.717) is 6.42 Å². The fraction of sp³-hybridized carbons (Fsp3) is 0.769. The molecule has 7 heteroatoms. The molecular weight excluding hydrogens is 262 g/mol. The van der Waals surface area contributed by atoms with Crippen molar-refractivity contribution in [1.29, 1.82) is 0 Å². The van der Waals surface area contributed by atoms with Gasteiger partial charge >= 0.3 is 12.0 Å². The lowest BCUT2D eigenvalue weighted by Gasteiger charge is -2.21. The van der Waals surface area contributed by atoms with Crippen LogP contribution in [0, 0.1) is 0 Å².